The third-order valence-electron chi connectivity index (χ3n) is 3.98. The minimum absolute atomic E-state index is 0.860. The van der Waals surface area contributed by atoms with Gasteiger partial charge in [-0.25, -0.2) is 4.98 Å². The molecule has 2 unspecified atom stereocenters. The normalized spacial score (nSPS) is 24.4. The Hall–Kier alpha value is -0.410. The minimum atomic E-state index is 0.860. The number of hydrogen-bond donors (Lipinski definition) is 1. The van der Waals surface area contributed by atoms with Gasteiger partial charge in [0.2, 0.25) is 0 Å². The molecule has 0 saturated heterocycles. The van der Waals surface area contributed by atoms with E-state index in [1.165, 1.54) is 47.8 Å². The second-order valence-electron chi connectivity index (χ2n) is 5.21. The first-order valence-electron chi connectivity index (χ1n) is 6.84. The number of aryl methyl sites for hydroxylation is 2. The summed E-state index contributed by atoms with van der Waals surface area (Å²) in [5.41, 5.74) is 1.23. The molecular weight excluding hydrogens is 228 g/mol. The molecule has 2 rings (SSSR count). The fourth-order valence-corrected chi connectivity index (χ4v) is 3.86. The van der Waals surface area contributed by atoms with Crippen LogP contribution in [-0.4, -0.2) is 18.1 Å². The summed E-state index contributed by atoms with van der Waals surface area (Å²) in [7, 11) is 0. The lowest BCUT2D eigenvalue weighted by molar-refractivity contribution is 0.368. The Kier molecular flexibility index (Phi) is 4.57. The fourth-order valence-electron chi connectivity index (χ4n) is 2.83. The van der Waals surface area contributed by atoms with E-state index in [1.807, 2.05) is 11.3 Å². The molecule has 0 aliphatic heterocycles. The van der Waals surface area contributed by atoms with Crippen molar-refractivity contribution in [2.75, 3.05) is 13.1 Å². The van der Waals surface area contributed by atoms with Gasteiger partial charge in [-0.3, -0.25) is 0 Å². The number of nitrogens with zero attached hydrogens (tertiary/aromatic N) is 1. The smallest absolute Gasteiger partial charge is 0.0933 e. The third-order valence-corrected chi connectivity index (χ3v) is 5.08. The fraction of sp³-hybridized carbons (Fsp3) is 0.786. The molecule has 2 nitrogen and oxygen atoms in total. The zero-order valence-corrected chi connectivity index (χ0v) is 12.1. The van der Waals surface area contributed by atoms with E-state index in [0.717, 1.165) is 18.4 Å². The van der Waals surface area contributed by atoms with Gasteiger partial charge in [0, 0.05) is 11.3 Å². The number of aromatic nitrogens is 1. The molecule has 0 spiro atoms. The Morgan fingerprint density at radius 3 is 2.71 bits per heavy atom. The van der Waals surface area contributed by atoms with Gasteiger partial charge in [0.05, 0.1) is 10.7 Å². The van der Waals surface area contributed by atoms with E-state index < -0.39 is 0 Å². The highest BCUT2D eigenvalue weighted by Gasteiger charge is 2.27. The van der Waals surface area contributed by atoms with Crippen LogP contribution in [0.1, 0.15) is 41.8 Å². The van der Waals surface area contributed by atoms with Gasteiger partial charge in [0.25, 0.3) is 0 Å². The summed E-state index contributed by atoms with van der Waals surface area (Å²) < 4.78 is 0. The third kappa shape index (κ3) is 3.29. The molecule has 1 fully saturated rings. The minimum Gasteiger partial charge on any atom is -0.317 e. The Morgan fingerprint density at radius 1 is 1.29 bits per heavy atom. The van der Waals surface area contributed by atoms with Crippen LogP contribution >= 0.6 is 11.3 Å². The van der Waals surface area contributed by atoms with Gasteiger partial charge < -0.3 is 5.32 Å². The Labute approximate surface area is 109 Å². The van der Waals surface area contributed by atoms with E-state index in [9.17, 15) is 0 Å². The van der Waals surface area contributed by atoms with Crippen molar-refractivity contribution in [3.8, 4) is 0 Å². The zero-order valence-electron chi connectivity index (χ0n) is 11.3. The van der Waals surface area contributed by atoms with Gasteiger partial charge in [-0.2, -0.15) is 0 Å². The SMILES string of the molecule is CCNCC1CCCC1Cc1nc(C)c(C)s1. The standard InChI is InChI=1S/C14H24N2S/c1-4-15-9-13-7-5-6-12(13)8-14-16-10(2)11(3)17-14/h12-13,15H,4-9H2,1-3H3. The van der Waals surface area contributed by atoms with Crippen molar-refractivity contribution in [3.63, 3.8) is 0 Å². The zero-order chi connectivity index (χ0) is 12.3. The lowest BCUT2D eigenvalue weighted by Gasteiger charge is -2.18. The quantitative estimate of drug-likeness (QED) is 0.869. The molecule has 3 heteroatoms. The number of nitrogens with one attached hydrogen (secondary N) is 1. The van der Waals surface area contributed by atoms with Crippen molar-refractivity contribution in [1.29, 1.82) is 0 Å². The van der Waals surface area contributed by atoms with Crippen LogP contribution in [0.15, 0.2) is 0 Å². The van der Waals surface area contributed by atoms with Gasteiger partial charge in [0.15, 0.2) is 0 Å². The maximum Gasteiger partial charge on any atom is 0.0933 e. The van der Waals surface area contributed by atoms with Crippen molar-refractivity contribution in [2.24, 2.45) is 11.8 Å². The average Bonchev–Trinajstić information content (AvgIpc) is 2.85. The Balaban J connectivity index is 1.93. The summed E-state index contributed by atoms with van der Waals surface area (Å²) in [6.07, 6.45) is 5.41. The topological polar surface area (TPSA) is 24.9 Å². The molecule has 0 bridgehead atoms. The van der Waals surface area contributed by atoms with Crippen molar-refractivity contribution in [1.82, 2.24) is 10.3 Å². The molecule has 1 aliphatic carbocycles. The molecule has 1 saturated carbocycles. The maximum absolute atomic E-state index is 4.69. The number of rotatable bonds is 5. The van der Waals surface area contributed by atoms with E-state index >= 15 is 0 Å². The summed E-state index contributed by atoms with van der Waals surface area (Å²) in [6.45, 7) is 8.79. The first-order valence-corrected chi connectivity index (χ1v) is 7.66. The highest BCUT2D eigenvalue weighted by Crippen LogP contribution is 2.34. The summed E-state index contributed by atoms with van der Waals surface area (Å²) in [5, 5.41) is 4.86. The van der Waals surface area contributed by atoms with Crippen molar-refractivity contribution in [2.45, 2.75) is 46.5 Å². The lowest BCUT2D eigenvalue weighted by Crippen LogP contribution is -2.25. The van der Waals surface area contributed by atoms with Crippen LogP contribution in [0.25, 0.3) is 0 Å². The van der Waals surface area contributed by atoms with E-state index in [4.69, 9.17) is 0 Å². The molecule has 2 atom stereocenters. The first kappa shape index (κ1) is 13.0. The van der Waals surface area contributed by atoms with Gasteiger partial charge in [-0.1, -0.05) is 13.3 Å². The van der Waals surface area contributed by atoms with Crippen LogP contribution in [-0.2, 0) is 6.42 Å². The second-order valence-corrected chi connectivity index (χ2v) is 6.50. The van der Waals surface area contributed by atoms with E-state index in [0.29, 0.717) is 0 Å². The molecule has 96 valence electrons. The predicted molar refractivity (Wildman–Crippen MR) is 74.7 cm³/mol. The molecule has 1 N–H and O–H groups in total. The van der Waals surface area contributed by atoms with E-state index in [1.54, 1.807) is 0 Å². The lowest BCUT2D eigenvalue weighted by atomic mass is 9.93. The van der Waals surface area contributed by atoms with Crippen molar-refractivity contribution in [3.05, 3.63) is 15.6 Å². The number of hydrogen-bond acceptors (Lipinski definition) is 3. The largest absolute Gasteiger partial charge is 0.317 e. The molecule has 0 radical (unpaired) electrons. The summed E-state index contributed by atoms with van der Waals surface area (Å²) in [4.78, 5) is 6.08. The highest BCUT2D eigenvalue weighted by molar-refractivity contribution is 7.11. The van der Waals surface area contributed by atoms with E-state index in [2.05, 4.69) is 31.1 Å². The monoisotopic (exact) mass is 252 g/mol. The van der Waals surface area contributed by atoms with Crippen LogP contribution in [0.5, 0.6) is 0 Å². The summed E-state index contributed by atoms with van der Waals surface area (Å²) in [6, 6.07) is 0. The molecule has 0 amide bonds. The summed E-state index contributed by atoms with van der Waals surface area (Å²) >= 11 is 1.90. The van der Waals surface area contributed by atoms with Gasteiger partial charge in [-0.05, 0) is 51.6 Å². The van der Waals surface area contributed by atoms with Crippen LogP contribution in [0.3, 0.4) is 0 Å². The van der Waals surface area contributed by atoms with Gasteiger partial charge >= 0.3 is 0 Å². The molecule has 17 heavy (non-hydrogen) atoms. The maximum atomic E-state index is 4.69. The summed E-state index contributed by atoms with van der Waals surface area (Å²) in [5.74, 6) is 1.73. The Morgan fingerprint density at radius 2 is 2.06 bits per heavy atom. The van der Waals surface area contributed by atoms with Crippen molar-refractivity contribution >= 4 is 11.3 Å². The van der Waals surface area contributed by atoms with Gasteiger partial charge in [-0.15, -0.1) is 11.3 Å². The molecule has 1 aromatic rings. The second kappa shape index (κ2) is 5.96. The number of thiazole rings is 1. The predicted octanol–water partition coefficient (Wildman–Crippen LogP) is 3.33. The van der Waals surface area contributed by atoms with Crippen LogP contribution in [0.2, 0.25) is 0 Å². The van der Waals surface area contributed by atoms with Gasteiger partial charge in [0.1, 0.15) is 0 Å². The molecule has 1 aromatic heterocycles. The van der Waals surface area contributed by atoms with Crippen molar-refractivity contribution < 1.29 is 0 Å². The average molecular weight is 252 g/mol. The van der Waals surface area contributed by atoms with E-state index in [-0.39, 0.29) is 0 Å². The van der Waals surface area contributed by atoms with Crippen LogP contribution in [0.4, 0.5) is 0 Å². The highest BCUT2D eigenvalue weighted by atomic mass is 32.1. The Bertz CT molecular complexity index is 340. The molecule has 1 aliphatic rings. The molecule has 0 aromatic carbocycles. The first-order chi connectivity index (χ1) is 8.20. The van der Waals surface area contributed by atoms with Crippen LogP contribution < -0.4 is 5.32 Å². The van der Waals surface area contributed by atoms with Crippen LogP contribution in [0, 0.1) is 25.7 Å². The molecule has 1 heterocycles. The molecular formula is C14H24N2S.